The van der Waals surface area contributed by atoms with E-state index in [-0.39, 0.29) is 10.0 Å². The van der Waals surface area contributed by atoms with Crippen molar-refractivity contribution in [1.82, 2.24) is 4.98 Å². The third-order valence-electron chi connectivity index (χ3n) is 2.41. The minimum absolute atomic E-state index is 0.0653. The van der Waals surface area contributed by atoms with E-state index in [0.29, 0.717) is 10.2 Å². The van der Waals surface area contributed by atoms with Crippen LogP contribution in [-0.4, -0.2) is 19.7 Å². The van der Waals surface area contributed by atoms with Crippen molar-refractivity contribution in [2.45, 2.75) is 9.79 Å². The molecule has 8 heteroatoms. The number of nitrogens with zero attached hydrogens (tertiary/aromatic N) is 1. The van der Waals surface area contributed by atoms with E-state index in [1.165, 1.54) is 24.0 Å². The number of anilines is 1. The van der Waals surface area contributed by atoms with Gasteiger partial charge >= 0.3 is 0 Å². The lowest BCUT2D eigenvalue weighted by Gasteiger charge is -2.12. The zero-order valence-corrected chi connectivity index (χ0v) is 14.3. The normalized spacial score (nSPS) is 11.3. The van der Waals surface area contributed by atoms with E-state index in [9.17, 15) is 8.42 Å². The highest BCUT2D eigenvalue weighted by molar-refractivity contribution is 9.10. The summed E-state index contributed by atoms with van der Waals surface area (Å²) in [5.74, 6) is 0. The standard InChI is InChI=1S/C12H10BrClN2O2S2/c1-19-10-5-3-2-4-9(10)16-20(17,18)11-6-8(13)7-15-12(11)14/h2-7,16H,1H3. The molecule has 0 aliphatic carbocycles. The maximum atomic E-state index is 12.4. The van der Waals surface area contributed by atoms with E-state index in [4.69, 9.17) is 11.6 Å². The average molecular weight is 394 g/mol. The van der Waals surface area contributed by atoms with Crippen LogP contribution in [0.2, 0.25) is 5.15 Å². The molecule has 0 atom stereocenters. The molecule has 2 aromatic rings. The molecule has 0 aliphatic heterocycles. The van der Waals surface area contributed by atoms with Gasteiger partial charge in [0.1, 0.15) is 10.0 Å². The number of pyridine rings is 1. The van der Waals surface area contributed by atoms with E-state index in [1.807, 2.05) is 18.4 Å². The largest absolute Gasteiger partial charge is 0.278 e. The molecular weight excluding hydrogens is 384 g/mol. The number of hydrogen-bond acceptors (Lipinski definition) is 4. The summed E-state index contributed by atoms with van der Waals surface area (Å²) in [5.41, 5.74) is 0.510. The number of benzene rings is 1. The Morgan fingerprint density at radius 1 is 1.35 bits per heavy atom. The number of hydrogen-bond donors (Lipinski definition) is 1. The molecule has 0 unspecified atom stereocenters. The van der Waals surface area contributed by atoms with Crippen LogP contribution in [-0.2, 0) is 10.0 Å². The predicted octanol–water partition coefficient (Wildman–Crippen LogP) is 4.02. The van der Waals surface area contributed by atoms with Gasteiger partial charge in [-0.25, -0.2) is 13.4 Å². The average Bonchev–Trinajstić information content (AvgIpc) is 2.41. The van der Waals surface area contributed by atoms with Crippen LogP contribution in [0.15, 0.2) is 50.8 Å². The summed E-state index contributed by atoms with van der Waals surface area (Å²) in [6, 6.07) is 8.56. The van der Waals surface area contributed by atoms with Gasteiger partial charge in [0, 0.05) is 15.6 Å². The van der Waals surface area contributed by atoms with Crippen LogP contribution in [0.1, 0.15) is 0 Å². The maximum Gasteiger partial charge on any atom is 0.265 e. The first-order chi connectivity index (χ1) is 9.44. The molecule has 0 fully saturated rings. The molecule has 1 N–H and O–H groups in total. The van der Waals surface area contributed by atoms with Gasteiger partial charge in [0.05, 0.1) is 5.69 Å². The van der Waals surface area contributed by atoms with Crippen molar-refractivity contribution in [2.24, 2.45) is 0 Å². The van der Waals surface area contributed by atoms with Gasteiger partial charge in [-0.2, -0.15) is 0 Å². The number of aromatic nitrogens is 1. The van der Waals surface area contributed by atoms with Gasteiger partial charge in [0.2, 0.25) is 0 Å². The third kappa shape index (κ3) is 3.46. The highest BCUT2D eigenvalue weighted by Crippen LogP contribution is 2.29. The van der Waals surface area contributed by atoms with E-state index < -0.39 is 10.0 Å². The summed E-state index contributed by atoms with van der Waals surface area (Å²) >= 11 is 10.5. The van der Waals surface area contributed by atoms with Crippen molar-refractivity contribution in [3.05, 3.63) is 46.2 Å². The Morgan fingerprint density at radius 2 is 2.05 bits per heavy atom. The van der Waals surface area contributed by atoms with Crippen LogP contribution in [0.25, 0.3) is 0 Å². The quantitative estimate of drug-likeness (QED) is 0.629. The summed E-state index contributed by atoms with van der Waals surface area (Å²) in [6.07, 6.45) is 3.32. The highest BCUT2D eigenvalue weighted by atomic mass is 79.9. The number of halogens is 2. The molecule has 1 aromatic carbocycles. The molecule has 1 aromatic heterocycles. The van der Waals surface area contributed by atoms with Crippen LogP contribution in [0.3, 0.4) is 0 Å². The molecule has 0 saturated heterocycles. The minimum Gasteiger partial charge on any atom is -0.278 e. The lowest BCUT2D eigenvalue weighted by Crippen LogP contribution is -2.14. The maximum absolute atomic E-state index is 12.4. The van der Waals surface area contributed by atoms with Crippen LogP contribution in [0.4, 0.5) is 5.69 Å². The van der Waals surface area contributed by atoms with Crippen molar-refractivity contribution < 1.29 is 8.42 Å². The molecule has 20 heavy (non-hydrogen) atoms. The third-order valence-corrected chi connectivity index (χ3v) is 5.44. The Morgan fingerprint density at radius 3 is 2.75 bits per heavy atom. The lowest BCUT2D eigenvalue weighted by molar-refractivity contribution is 0.600. The molecule has 0 bridgehead atoms. The van der Waals surface area contributed by atoms with Crippen molar-refractivity contribution >= 4 is 55.0 Å². The van der Waals surface area contributed by atoms with Crippen molar-refractivity contribution in [3.63, 3.8) is 0 Å². The Kier molecular flexibility index (Phi) is 4.95. The van der Waals surface area contributed by atoms with Gasteiger partial charge in [-0.1, -0.05) is 23.7 Å². The fraction of sp³-hybridized carbons (Fsp3) is 0.0833. The molecule has 0 amide bonds. The second-order valence-electron chi connectivity index (χ2n) is 3.75. The summed E-state index contributed by atoms with van der Waals surface area (Å²) in [7, 11) is -3.79. The first kappa shape index (κ1) is 15.6. The van der Waals surface area contributed by atoms with E-state index in [1.54, 1.807) is 12.1 Å². The highest BCUT2D eigenvalue weighted by Gasteiger charge is 2.20. The van der Waals surface area contributed by atoms with Gasteiger partial charge in [-0.3, -0.25) is 4.72 Å². The summed E-state index contributed by atoms with van der Waals surface area (Å²) in [5, 5.41) is -0.0673. The first-order valence-corrected chi connectivity index (χ1v) is 9.29. The predicted molar refractivity (Wildman–Crippen MR) is 86.0 cm³/mol. The number of rotatable bonds is 4. The molecular formula is C12H10BrClN2O2S2. The second kappa shape index (κ2) is 6.34. The van der Waals surface area contributed by atoms with Gasteiger partial charge < -0.3 is 0 Å². The lowest BCUT2D eigenvalue weighted by atomic mass is 10.3. The summed E-state index contributed by atoms with van der Waals surface area (Å²) < 4.78 is 27.8. The van der Waals surface area contributed by atoms with Crippen LogP contribution < -0.4 is 4.72 Å². The van der Waals surface area contributed by atoms with Crippen molar-refractivity contribution in [3.8, 4) is 0 Å². The monoisotopic (exact) mass is 392 g/mol. The van der Waals surface area contributed by atoms with Crippen LogP contribution in [0.5, 0.6) is 0 Å². The zero-order valence-electron chi connectivity index (χ0n) is 10.3. The van der Waals surface area contributed by atoms with E-state index in [0.717, 1.165) is 4.90 Å². The molecule has 2 rings (SSSR count). The summed E-state index contributed by atoms with van der Waals surface area (Å²) in [6.45, 7) is 0. The van der Waals surface area contributed by atoms with Crippen molar-refractivity contribution in [2.75, 3.05) is 11.0 Å². The van der Waals surface area contributed by atoms with Gasteiger partial charge in [0.15, 0.2) is 0 Å². The Hall–Kier alpha value is -0.760. The fourth-order valence-corrected chi connectivity index (χ4v) is 4.16. The number of sulfonamides is 1. The molecule has 0 spiro atoms. The van der Waals surface area contributed by atoms with Gasteiger partial charge in [-0.05, 0) is 40.4 Å². The van der Waals surface area contributed by atoms with Gasteiger partial charge in [-0.15, -0.1) is 11.8 Å². The van der Waals surface area contributed by atoms with E-state index >= 15 is 0 Å². The van der Waals surface area contributed by atoms with E-state index in [2.05, 4.69) is 25.6 Å². The van der Waals surface area contributed by atoms with Crippen LogP contribution >= 0.6 is 39.3 Å². The first-order valence-electron chi connectivity index (χ1n) is 5.41. The Bertz CT molecular complexity index is 738. The second-order valence-corrected chi connectivity index (χ2v) is 7.52. The molecule has 0 radical (unpaired) electrons. The topological polar surface area (TPSA) is 59.1 Å². The number of thioether (sulfide) groups is 1. The molecule has 0 saturated carbocycles. The van der Waals surface area contributed by atoms with Crippen LogP contribution in [0, 0.1) is 0 Å². The Balaban J connectivity index is 2.43. The summed E-state index contributed by atoms with van der Waals surface area (Å²) in [4.78, 5) is 4.59. The number of para-hydroxylation sites is 1. The van der Waals surface area contributed by atoms with Crippen molar-refractivity contribution in [1.29, 1.82) is 0 Å². The molecule has 4 nitrogen and oxygen atoms in total. The molecule has 1 heterocycles. The molecule has 106 valence electrons. The Labute approximate surface area is 135 Å². The smallest absolute Gasteiger partial charge is 0.265 e. The minimum atomic E-state index is -3.79. The SMILES string of the molecule is CSc1ccccc1NS(=O)(=O)c1cc(Br)cnc1Cl. The van der Waals surface area contributed by atoms with Gasteiger partial charge in [0.25, 0.3) is 10.0 Å². The fourth-order valence-electron chi connectivity index (χ4n) is 1.52. The number of nitrogens with one attached hydrogen (secondary N) is 1. The zero-order chi connectivity index (χ0) is 14.8. The molecule has 0 aliphatic rings.